The van der Waals surface area contributed by atoms with E-state index in [2.05, 4.69) is 18.7 Å². The highest BCUT2D eigenvalue weighted by Gasteiger charge is 2.31. The fourth-order valence-corrected chi connectivity index (χ4v) is 7.45. The average molecular weight is 581 g/mol. The minimum Gasteiger partial charge on any atom is -0.494 e. The summed E-state index contributed by atoms with van der Waals surface area (Å²) in [6.45, 7) is 9.61. The third-order valence-electron chi connectivity index (χ3n) is 7.05. The molecular formula is C27H37ClN4O4S2. The third kappa shape index (κ3) is 6.31. The van der Waals surface area contributed by atoms with Crippen LogP contribution in [0.5, 0.6) is 5.75 Å². The normalized spacial score (nSPS) is 16.4. The number of amides is 1. The minimum atomic E-state index is -3.60. The van der Waals surface area contributed by atoms with Crippen LogP contribution < -0.4 is 9.64 Å². The summed E-state index contributed by atoms with van der Waals surface area (Å²) < 4.78 is 34.5. The van der Waals surface area contributed by atoms with E-state index in [0.717, 1.165) is 42.6 Å². The van der Waals surface area contributed by atoms with E-state index in [1.807, 2.05) is 25.1 Å². The van der Waals surface area contributed by atoms with Crippen LogP contribution in [0.15, 0.2) is 47.4 Å². The van der Waals surface area contributed by atoms with Crippen LogP contribution in [-0.4, -0.2) is 74.4 Å². The first-order chi connectivity index (χ1) is 17.8. The van der Waals surface area contributed by atoms with E-state index < -0.39 is 10.0 Å². The van der Waals surface area contributed by atoms with E-state index in [-0.39, 0.29) is 29.3 Å². The van der Waals surface area contributed by atoms with Gasteiger partial charge >= 0.3 is 0 Å². The number of thiazole rings is 1. The number of fused-ring (bicyclic) bond motifs is 1. The number of sulfonamides is 1. The van der Waals surface area contributed by atoms with Crippen LogP contribution in [0.25, 0.3) is 10.2 Å². The second-order valence-corrected chi connectivity index (χ2v) is 12.2. The summed E-state index contributed by atoms with van der Waals surface area (Å²) >= 11 is 1.44. The first-order valence-corrected chi connectivity index (χ1v) is 15.2. The van der Waals surface area contributed by atoms with Crippen molar-refractivity contribution in [2.45, 2.75) is 51.0 Å². The number of carbonyl (C=O) groups excluding carboxylic acids is 1. The fourth-order valence-electron chi connectivity index (χ4n) is 4.75. The third-order valence-corrected chi connectivity index (χ3v) is 10.1. The molecule has 1 unspecified atom stereocenters. The number of hydrogen-bond acceptors (Lipinski definition) is 7. The molecule has 11 heteroatoms. The Morgan fingerprint density at radius 1 is 1.11 bits per heavy atom. The summed E-state index contributed by atoms with van der Waals surface area (Å²) in [6, 6.07) is 12.0. The van der Waals surface area contributed by atoms with Gasteiger partial charge in [0.25, 0.3) is 5.91 Å². The van der Waals surface area contributed by atoms with Crippen molar-refractivity contribution in [3.63, 3.8) is 0 Å². The van der Waals surface area contributed by atoms with Crippen molar-refractivity contribution >= 4 is 55.0 Å². The van der Waals surface area contributed by atoms with Crippen molar-refractivity contribution in [1.29, 1.82) is 0 Å². The molecule has 0 N–H and O–H groups in total. The van der Waals surface area contributed by atoms with E-state index in [9.17, 15) is 13.2 Å². The van der Waals surface area contributed by atoms with Crippen LogP contribution in [-0.2, 0) is 10.0 Å². The van der Waals surface area contributed by atoms with Crippen LogP contribution >= 0.6 is 23.7 Å². The molecule has 1 aliphatic heterocycles. The number of hydrogen-bond donors (Lipinski definition) is 0. The number of rotatable bonds is 10. The Bertz CT molecular complexity index is 1330. The van der Waals surface area contributed by atoms with Gasteiger partial charge in [-0.05, 0) is 69.3 Å². The smallest absolute Gasteiger partial charge is 0.260 e. The number of nitrogens with zero attached hydrogens (tertiary/aromatic N) is 4. The molecule has 0 aliphatic carbocycles. The number of halogens is 1. The maximum Gasteiger partial charge on any atom is 0.260 e. The Balaban J connectivity index is 0.00000400. The number of piperidine rings is 1. The molecule has 8 nitrogen and oxygen atoms in total. The predicted molar refractivity (Wildman–Crippen MR) is 157 cm³/mol. The van der Waals surface area contributed by atoms with Gasteiger partial charge in [0.05, 0.1) is 16.7 Å². The van der Waals surface area contributed by atoms with E-state index in [1.165, 1.54) is 11.3 Å². The second-order valence-electron chi connectivity index (χ2n) is 9.27. The lowest BCUT2D eigenvalue weighted by Gasteiger charge is -2.32. The highest BCUT2D eigenvalue weighted by atomic mass is 35.5. The van der Waals surface area contributed by atoms with Crippen LogP contribution in [0.4, 0.5) is 5.13 Å². The van der Waals surface area contributed by atoms with Gasteiger partial charge in [0.2, 0.25) is 10.0 Å². The van der Waals surface area contributed by atoms with Gasteiger partial charge in [-0.1, -0.05) is 37.7 Å². The first kappa shape index (κ1) is 30.3. The van der Waals surface area contributed by atoms with Gasteiger partial charge in [-0.3, -0.25) is 9.69 Å². The molecule has 208 valence electrons. The topological polar surface area (TPSA) is 83.1 Å². The molecule has 0 radical (unpaired) electrons. The van der Waals surface area contributed by atoms with Crippen molar-refractivity contribution in [3.8, 4) is 5.75 Å². The predicted octanol–water partition coefficient (Wildman–Crippen LogP) is 5.28. The largest absolute Gasteiger partial charge is 0.494 e. The fraction of sp³-hybridized carbons (Fsp3) is 0.481. The summed E-state index contributed by atoms with van der Waals surface area (Å²) in [4.78, 5) is 22.7. The Kier molecular flexibility index (Phi) is 10.5. The lowest BCUT2D eigenvalue weighted by Crippen LogP contribution is -2.42. The molecule has 2 aromatic carbocycles. The lowest BCUT2D eigenvalue weighted by atomic mass is 10.1. The zero-order valence-electron chi connectivity index (χ0n) is 22.4. The molecule has 1 atom stereocenters. The summed E-state index contributed by atoms with van der Waals surface area (Å²) in [5.74, 6) is 0.457. The van der Waals surface area contributed by atoms with E-state index >= 15 is 0 Å². The SMILES string of the molecule is CCN(CC)CCN(C(=O)c1ccc(S(=O)(=O)N2CCCCC2C)cc1)c1nc2c(OC)cccc2s1.Cl. The van der Waals surface area contributed by atoms with Crippen LogP contribution in [0, 0.1) is 0 Å². The lowest BCUT2D eigenvalue weighted by molar-refractivity contribution is 0.0983. The molecule has 0 spiro atoms. The second kappa shape index (κ2) is 13.2. The number of para-hydroxylation sites is 1. The molecule has 0 saturated carbocycles. The molecule has 0 bridgehead atoms. The Morgan fingerprint density at radius 3 is 2.45 bits per heavy atom. The monoisotopic (exact) mass is 580 g/mol. The summed E-state index contributed by atoms with van der Waals surface area (Å²) in [5.41, 5.74) is 1.15. The standard InChI is InChI=1S/C27H36N4O4S2.ClH/c1-5-29(6-2)18-19-30(27-28-25-23(35-4)11-9-12-24(25)36-27)26(32)21-13-15-22(16-14-21)37(33,34)31-17-8-7-10-20(31)3;/h9,11-16,20H,5-8,10,17-19H2,1-4H3;1H. The van der Waals surface area contributed by atoms with Crippen LogP contribution in [0.3, 0.4) is 0 Å². The number of methoxy groups -OCH3 is 1. The van der Waals surface area contributed by atoms with Gasteiger partial charge in [-0.25, -0.2) is 13.4 Å². The minimum absolute atomic E-state index is 0. The highest BCUT2D eigenvalue weighted by Crippen LogP contribution is 2.35. The van der Waals surface area contributed by atoms with Crippen molar-refractivity contribution in [2.24, 2.45) is 0 Å². The number of carbonyl (C=O) groups is 1. The van der Waals surface area contributed by atoms with E-state index in [0.29, 0.717) is 36.1 Å². The van der Waals surface area contributed by atoms with Gasteiger partial charge in [0.1, 0.15) is 11.3 Å². The van der Waals surface area contributed by atoms with Gasteiger partial charge < -0.3 is 9.64 Å². The molecule has 38 heavy (non-hydrogen) atoms. The molecule has 2 heterocycles. The summed E-state index contributed by atoms with van der Waals surface area (Å²) in [7, 11) is -1.99. The number of ether oxygens (including phenoxy) is 1. The van der Waals surface area contributed by atoms with Crippen molar-refractivity contribution < 1.29 is 17.9 Å². The maximum atomic E-state index is 13.8. The zero-order chi connectivity index (χ0) is 26.6. The molecular weight excluding hydrogens is 544 g/mol. The van der Waals surface area contributed by atoms with Gasteiger partial charge in [0, 0.05) is 31.2 Å². The summed E-state index contributed by atoms with van der Waals surface area (Å²) in [5, 5.41) is 0.593. The van der Waals surface area contributed by atoms with Crippen molar-refractivity contribution in [3.05, 3.63) is 48.0 Å². The molecule has 1 aromatic heterocycles. The van der Waals surface area contributed by atoms with Crippen LogP contribution in [0.1, 0.15) is 50.4 Å². The maximum absolute atomic E-state index is 13.8. The molecule has 1 aliphatic rings. The number of likely N-dealkylation sites (N-methyl/N-ethyl adjacent to an activating group) is 1. The van der Waals surface area contributed by atoms with Crippen molar-refractivity contribution in [1.82, 2.24) is 14.2 Å². The Hall–Kier alpha value is -2.24. The van der Waals surface area contributed by atoms with E-state index in [1.54, 1.807) is 40.6 Å². The first-order valence-electron chi connectivity index (χ1n) is 12.9. The molecule has 1 fully saturated rings. The number of aromatic nitrogens is 1. The van der Waals surface area contributed by atoms with Crippen molar-refractivity contribution in [2.75, 3.05) is 44.7 Å². The molecule has 4 rings (SSSR count). The highest BCUT2D eigenvalue weighted by molar-refractivity contribution is 7.89. The number of anilines is 1. The summed E-state index contributed by atoms with van der Waals surface area (Å²) in [6.07, 6.45) is 2.78. The van der Waals surface area contributed by atoms with Gasteiger partial charge in [0.15, 0.2) is 5.13 Å². The molecule has 3 aromatic rings. The quantitative estimate of drug-likeness (QED) is 0.324. The number of benzene rings is 2. The Labute approximate surface area is 236 Å². The van der Waals surface area contributed by atoms with Crippen LogP contribution in [0.2, 0.25) is 0 Å². The molecule has 1 saturated heterocycles. The van der Waals surface area contributed by atoms with Gasteiger partial charge in [-0.2, -0.15) is 4.31 Å². The van der Waals surface area contributed by atoms with E-state index in [4.69, 9.17) is 9.72 Å². The zero-order valence-corrected chi connectivity index (χ0v) is 24.9. The average Bonchev–Trinajstić information content (AvgIpc) is 3.35. The van der Waals surface area contributed by atoms with Gasteiger partial charge in [-0.15, -0.1) is 12.4 Å². The Morgan fingerprint density at radius 2 is 1.82 bits per heavy atom. The molecule has 1 amide bonds.